The fourth-order valence-electron chi connectivity index (χ4n) is 1.83. The molecule has 0 aliphatic heterocycles. The maximum absolute atomic E-state index is 10.6. The Hall–Kier alpha value is -1.13. The van der Waals surface area contributed by atoms with Crippen LogP contribution in [0.2, 0.25) is 0 Å². The van der Waals surface area contributed by atoms with Gasteiger partial charge in [-0.15, -0.1) is 12.4 Å². The number of nitrogens with zero attached hydrogens (tertiary/aromatic N) is 1. The number of rotatable bonds is 2. The van der Waals surface area contributed by atoms with Gasteiger partial charge in [0, 0.05) is 12.4 Å². The molecule has 4 nitrogen and oxygen atoms in total. The quantitative estimate of drug-likeness (QED) is 0.799. The first kappa shape index (κ1) is 11.9. The number of carbonyl (C=O) groups is 1. The lowest BCUT2D eigenvalue weighted by Gasteiger charge is -2.41. The summed E-state index contributed by atoms with van der Waals surface area (Å²) in [6, 6.07) is 3.44. The lowest BCUT2D eigenvalue weighted by atomic mass is 9.67. The number of aliphatic hydroxyl groups is 1. The molecule has 1 aromatic heterocycles. The zero-order valence-corrected chi connectivity index (χ0v) is 8.78. The van der Waals surface area contributed by atoms with Crippen LogP contribution >= 0.6 is 12.4 Å². The second-order valence-corrected chi connectivity index (χ2v) is 3.71. The average molecular weight is 230 g/mol. The van der Waals surface area contributed by atoms with E-state index < -0.39 is 17.5 Å². The van der Waals surface area contributed by atoms with Gasteiger partial charge < -0.3 is 10.2 Å². The van der Waals surface area contributed by atoms with Crippen LogP contribution in [0.1, 0.15) is 18.4 Å². The van der Waals surface area contributed by atoms with Crippen molar-refractivity contribution in [2.75, 3.05) is 0 Å². The van der Waals surface area contributed by atoms with Gasteiger partial charge in [-0.05, 0) is 30.5 Å². The molecule has 1 aromatic rings. The molecule has 0 amide bonds. The van der Waals surface area contributed by atoms with Crippen molar-refractivity contribution in [1.29, 1.82) is 0 Å². The van der Waals surface area contributed by atoms with Crippen molar-refractivity contribution in [2.24, 2.45) is 5.92 Å². The largest absolute Gasteiger partial charge is 0.481 e. The van der Waals surface area contributed by atoms with Crippen LogP contribution in [0.3, 0.4) is 0 Å². The van der Waals surface area contributed by atoms with Crippen molar-refractivity contribution in [3.63, 3.8) is 0 Å². The summed E-state index contributed by atoms with van der Waals surface area (Å²) in [6.07, 6.45) is 3.79. The van der Waals surface area contributed by atoms with Gasteiger partial charge in [0.2, 0.25) is 0 Å². The molecule has 1 saturated carbocycles. The van der Waals surface area contributed by atoms with Gasteiger partial charge in [0.15, 0.2) is 0 Å². The molecule has 5 heteroatoms. The van der Waals surface area contributed by atoms with Gasteiger partial charge in [0.1, 0.15) is 0 Å². The molecule has 2 rings (SSSR count). The smallest absolute Gasteiger partial charge is 0.306 e. The van der Waals surface area contributed by atoms with Crippen LogP contribution < -0.4 is 0 Å². The lowest BCUT2D eigenvalue weighted by Crippen LogP contribution is -2.44. The average Bonchev–Trinajstić information content (AvgIpc) is 2.14. The Bertz CT molecular complexity index is 349. The normalized spacial score (nSPS) is 28.7. The number of pyridine rings is 1. The van der Waals surface area contributed by atoms with Crippen LogP contribution in [0.4, 0.5) is 0 Å². The number of hydrogen-bond donors (Lipinski definition) is 2. The van der Waals surface area contributed by atoms with Crippen LogP contribution in [0.5, 0.6) is 0 Å². The molecule has 0 atom stereocenters. The van der Waals surface area contributed by atoms with Crippen LogP contribution in [0.25, 0.3) is 0 Å². The SMILES string of the molecule is Cl.O=C(O)C1CC(O)(c2ccncc2)C1. The predicted molar refractivity (Wildman–Crippen MR) is 55.7 cm³/mol. The maximum atomic E-state index is 10.6. The van der Waals surface area contributed by atoms with Gasteiger partial charge in [0.05, 0.1) is 11.5 Å². The van der Waals surface area contributed by atoms with Gasteiger partial charge >= 0.3 is 5.97 Å². The van der Waals surface area contributed by atoms with E-state index in [-0.39, 0.29) is 12.4 Å². The summed E-state index contributed by atoms with van der Waals surface area (Å²) in [4.78, 5) is 14.4. The van der Waals surface area contributed by atoms with Crippen LogP contribution in [0, 0.1) is 5.92 Å². The Balaban J connectivity index is 0.00000112. The second kappa shape index (κ2) is 4.16. The van der Waals surface area contributed by atoms with Crippen molar-refractivity contribution in [2.45, 2.75) is 18.4 Å². The molecule has 82 valence electrons. The van der Waals surface area contributed by atoms with Gasteiger partial charge in [-0.3, -0.25) is 9.78 Å². The van der Waals surface area contributed by atoms with E-state index in [0.29, 0.717) is 12.8 Å². The number of aliphatic carboxylic acids is 1. The highest BCUT2D eigenvalue weighted by molar-refractivity contribution is 5.85. The van der Waals surface area contributed by atoms with E-state index in [2.05, 4.69) is 4.98 Å². The topological polar surface area (TPSA) is 70.4 Å². The minimum Gasteiger partial charge on any atom is -0.481 e. The summed E-state index contributed by atoms with van der Waals surface area (Å²) >= 11 is 0. The van der Waals surface area contributed by atoms with Crippen molar-refractivity contribution >= 4 is 18.4 Å². The van der Waals surface area contributed by atoms with Crippen molar-refractivity contribution < 1.29 is 15.0 Å². The lowest BCUT2D eigenvalue weighted by molar-refractivity contribution is -0.159. The van der Waals surface area contributed by atoms with Gasteiger partial charge in [-0.2, -0.15) is 0 Å². The van der Waals surface area contributed by atoms with E-state index in [9.17, 15) is 9.90 Å². The number of aromatic nitrogens is 1. The van der Waals surface area contributed by atoms with E-state index in [1.807, 2.05) is 0 Å². The number of carboxylic acids is 1. The molecular weight excluding hydrogens is 218 g/mol. The van der Waals surface area contributed by atoms with Crippen LogP contribution in [-0.2, 0) is 10.4 Å². The van der Waals surface area contributed by atoms with E-state index >= 15 is 0 Å². The summed E-state index contributed by atoms with van der Waals surface area (Å²) in [7, 11) is 0. The van der Waals surface area contributed by atoms with Crippen molar-refractivity contribution in [1.82, 2.24) is 4.98 Å². The second-order valence-electron chi connectivity index (χ2n) is 3.71. The predicted octanol–water partition coefficient (Wildman–Crippen LogP) is 1.19. The molecule has 0 spiro atoms. The summed E-state index contributed by atoms with van der Waals surface area (Å²) in [5.74, 6) is -1.24. The third-order valence-corrected chi connectivity index (χ3v) is 2.74. The van der Waals surface area contributed by atoms with E-state index in [4.69, 9.17) is 5.11 Å². The Morgan fingerprint density at radius 3 is 2.40 bits per heavy atom. The zero-order valence-electron chi connectivity index (χ0n) is 7.96. The molecule has 0 radical (unpaired) electrons. The summed E-state index contributed by atoms with van der Waals surface area (Å²) in [6.45, 7) is 0. The van der Waals surface area contributed by atoms with E-state index in [1.165, 1.54) is 0 Å². The molecule has 0 bridgehead atoms. The Morgan fingerprint density at radius 2 is 1.93 bits per heavy atom. The van der Waals surface area contributed by atoms with Gasteiger partial charge in [0.25, 0.3) is 0 Å². The van der Waals surface area contributed by atoms with Gasteiger partial charge in [-0.1, -0.05) is 0 Å². The molecule has 15 heavy (non-hydrogen) atoms. The first-order chi connectivity index (χ1) is 6.62. The molecule has 1 heterocycles. The third kappa shape index (κ3) is 2.11. The Morgan fingerprint density at radius 1 is 1.40 bits per heavy atom. The standard InChI is InChI=1S/C10H11NO3.ClH/c12-9(13)7-5-10(14,6-7)8-1-3-11-4-2-8;/h1-4,7,14H,5-6H2,(H,12,13);1H. The minimum atomic E-state index is -0.952. The van der Waals surface area contributed by atoms with Gasteiger partial charge in [-0.25, -0.2) is 0 Å². The van der Waals surface area contributed by atoms with Crippen molar-refractivity contribution in [3.05, 3.63) is 30.1 Å². The minimum absolute atomic E-state index is 0. The third-order valence-electron chi connectivity index (χ3n) is 2.74. The highest BCUT2D eigenvalue weighted by Crippen LogP contribution is 2.45. The monoisotopic (exact) mass is 229 g/mol. The maximum Gasteiger partial charge on any atom is 0.306 e. The summed E-state index contributed by atoms with van der Waals surface area (Å²) < 4.78 is 0. The first-order valence-electron chi connectivity index (χ1n) is 4.47. The highest BCUT2D eigenvalue weighted by atomic mass is 35.5. The van der Waals surface area contributed by atoms with E-state index in [1.54, 1.807) is 24.5 Å². The fourth-order valence-corrected chi connectivity index (χ4v) is 1.83. The molecule has 0 unspecified atom stereocenters. The first-order valence-corrected chi connectivity index (χ1v) is 4.47. The number of halogens is 1. The molecule has 1 aliphatic rings. The summed E-state index contributed by atoms with van der Waals surface area (Å²) in [5.41, 5.74) is -0.198. The molecule has 1 fully saturated rings. The molecule has 0 saturated heterocycles. The molecular formula is C10H12ClNO3. The highest BCUT2D eigenvalue weighted by Gasteiger charge is 2.47. The number of carboxylic acid groups (broad SMARTS) is 1. The van der Waals surface area contributed by atoms with Crippen LogP contribution in [-0.4, -0.2) is 21.2 Å². The number of hydrogen-bond acceptors (Lipinski definition) is 3. The summed E-state index contributed by atoms with van der Waals surface area (Å²) in [5, 5.41) is 18.7. The molecule has 0 aromatic carbocycles. The zero-order chi connectivity index (χ0) is 10.2. The fraction of sp³-hybridized carbons (Fsp3) is 0.400. The molecule has 1 aliphatic carbocycles. The van der Waals surface area contributed by atoms with Crippen molar-refractivity contribution in [3.8, 4) is 0 Å². The Labute approximate surface area is 93.4 Å². The molecule has 2 N–H and O–H groups in total. The Kier molecular flexibility index (Phi) is 3.31. The van der Waals surface area contributed by atoms with Crippen LogP contribution in [0.15, 0.2) is 24.5 Å². The van der Waals surface area contributed by atoms with E-state index in [0.717, 1.165) is 5.56 Å².